The van der Waals surface area contributed by atoms with Crippen LogP contribution in [0.2, 0.25) is 0 Å². The Morgan fingerprint density at radius 2 is 2.17 bits per heavy atom. The molecule has 3 fully saturated rings. The quantitative estimate of drug-likeness (QED) is 0.750. The van der Waals surface area contributed by atoms with Gasteiger partial charge < -0.3 is 19.4 Å². The molecule has 0 aromatic carbocycles. The zero-order valence-corrected chi connectivity index (χ0v) is 17.5. The van der Waals surface area contributed by atoms with Gasteiger partial charge in [0.15, 0.2) is 0 Å². The topological polar surface area (TPSA) is 88.9 Å². The van der Waals surface area contributed by atoms with Crippen molar-refractivity contribution in [3.63, 3.8) is 0 Å². The van der Waals surface area contributed by atoms with Gasteiger partial charge in [0.05, 0.1) is 36.3 Å². The van der Waals surface area contributed by atoms with Crippen molar-refractivity contribution in [3.8, 4) is 0 Å². The number of ether oxygens (including phenoxy) is 1. The summed E-state index contributed by atoms with van der Waals surface area (Å²) in [4.78, 5) is 41.5. The largest absolute Gasteiger partial charge is 0.467 e. The molecule has 2 bridgehead atoms. The van der Waals surface area contributed by atoms with Gasteiger partial charge in [-0.2, -0.15) is 0 Å². The molecule has 30 heavy (non-hydrogen) atoms. The lowest BCUT2D eigenvalue weighted by Crippen LogP contribution is -2.55. The molecule has 7 nitrogen and oxygen atoms in total. The van der Waals surface area contributed by atoms with E-state index in [1.807, 2.05) is 19.1 Å². The summed E-state index contributed by atoms with van der Waals surface area (Å²) in [5.41, 5.74) is -0.928. The monoisotopic (exact) mass is 412 g/mol. The van der Waals surface area contributed by atoms with Crippen LogP contribution in [-0.4, -0.2) is 46.8 Å². The van der Waals surface area contributed by atoms with Crippen molar-refractivity contribution in [2.75, 3.05) is 6.54 Å². The number of carbonyl (C=O) groups excluding carboxylic acids is 3. The Bertz CT molecular complexity index is 907. The van der Waals surface area contributed by atoms with E-state index in [1.165, 1.54) is 0 Å². The molecular weight excluding hydrogens is 384 g/mol. The van der Waals surface area contributed by atoms with E-state index in [0.717, 1.165) is 6.42 Å². The molecule has 160 valence electrons. The Hall–Kier alpha value is -2.41. The predicted octanol–water partition coefficient (Wildman–Crippen LogP) is 2.24. The maximum Gasteiger partial charge on any atom is 0.230 e. The maximum atomic E-state index is 13.7. The zero-order chi connectivity index (χ0) is 21.2. The molecule has 2 amide bonds. The molecule has 7 heteroatoms. The second kappa shape index (κ2) is 6.80. The van der Waals surface area contributed by atoms with Gasteiger partial charge in [-0.05, 0) is 24.5 Å². The number of carbonyl (C=O) groups is 3. The lowest BCUT2D eigenvalue weighted by atomic mass is 9.70. The number of nitrogens with zero attached hydrogens (tertiary/aromatic N) is 1. The number of nitrogens with one attached hydrogen (secondary N) is 1. The van der Waals surface area contributed by atoms with Gasteiger partial charge in [0.25, 0.3) is 0 Å². The van der Waals surface area contributed by atoms with Crippen molar-refractivity contribution < 1.29 is 23.5 Å². The van der Waals surface area contributed by atoms with E-state index in [9.17, 15) is 14.4 Å². The summed E-state index contributed by atoms with van der Waals surface area (Å²) in [6.45, 7) is 6.66. The molecule has 5 heterocycles. The number of ketones is 1. The lowest BCUT2D eigenvalue weighted by molar-refractivity contribution is -0.148. The highest BCUT2D eigenvalue weighted by atomic mass is 16.5. The minimum absolute atomic E-state index is 0.0887. The third-order valence-electron chi connectivity index (χ3n) is 7.28. The van der Waals surface area contributed by atoms with Crippen LogP contribution in [0.5, 0.6) is 0 Å². The van der Waals surface area contributed by atoms with Crippen LogP contribution in [0.25, 0.3) is 0 Å². The van der Waals surface area contributed by atoms with Gasteiger partial charge in [0.2, 0.25) is 11.8 Å². The number of hydrogen-bond donors (Lipinski definition) is 1. The number of hydrogen-bond acceptors (Lipinski definition) is 5. The van der Waals surface area contributed by atoms with E-state index in [2.05, 4.69) is 19.2 Å². The molecule has 3 saturated heterocycles. The van der Waals surface area contributed by atoms with Crippen LogP contribution in [0, 0.1) is 23.7 Å². The van der Waals surface area contributed by atoms with Gasteiger partial charge in [-0.15, -0.1) is 0 Å². The predicted molar refractivity (Wildman–Crippen MR) is 107 cm³/mol. The third-order valence-corrected chi connectivity index (χ3v) is 7.28. The summed E-state index contributed by atoms with van der Waals surface area (Å²) in [5, 5.41) is 3.00. The first-order valence-electron chi connectivity index (χ1n) is 10.9. The van der Waals surface area contributed by atoms with Crippen LogP contribution in [0.4, 0.5) is 0 Å². The molecule has 4 aliphatic heterocycles. The smallest absolute Gasteiger partial charge is 0.230 e. The second-order valence-corrected chi connectivity index (χ2v) is 9.45. The standard InChI is InChI=1S/C23H28N2O5/c1-12(2)7-9-24-21(27)18-17-6-8-23(30-17)19(18)22(28)25-14(16-5-4-10-29-16)11-15(26)13(3)20(23)25/h4-6,8,10,12-14,17-20H,7,9,11H2,1-3H3,(H,24,27)/t13?,14?,17-,18?,19?,20?,23+/m1/s1. The molecule has 0 radical (unpaired) electrons. The summed E-state index contributed by atoms with van der Waals surface area (Å²) >= 11 is 0. The van der Waals surface area contributed by atoms with Crippen LogP contribution in [-0.2, 0) is 19.1 Å². The minimum Gasteiger partial charge on any atom is -0.467 e. The first-order chi connectivity index (χ1) is 14.3. The maximum absolute atomic E-state index is 13.7. The van der Waals surface area contributed by atoms with Crippen LogP contribution >= 0.6 is 0 Å². The molecular formula is C23H28N2O5. The Labute approximate surface area is 175 Å². The summed E-state index contributed by atoms with van der Waals surface area (Å²) in [6.07, 6.45) is 6.05. The molecule has 5 rings (SSSR count). The molecule has 0 saturated carbocycles. The van der Waals surface area contributed by atoms with Crippen LogP contribution < -0.4 is 5.32 Å². The molecule has 7 atom stereocenters. The van der Waals surface area contributed by atoms with E-state index in [0.29, 0.717) is 18.2 Å². The van der Waals surface area contributed by atoms with Gasteiger partial charge in [0.1, 0.15) is 17.1 Å². The van der Waals surface area contributed by atoms with Crippen molar-refractivity contribution in [3.05, 3.63) is 36.3 Å². The van der Waals surface area contributed by atoms with Crippen LogP contribution in [0.3, 0.4) is 0 Å². The number of furan rings is 1. The van der Waals surface area contributed by atoms with E-state index < -0.39 is 35.6 Å². The summed E-state index contributed by atoms with van der Waals surface area (Å²) in [5.74, 6) is -0.628. The van der Waals surface area contributed by atoms with Crippen molar-refractivity contribution in [1.82, 2.24) is 10.2 Å². The fourth-order valence-electron chi connectivity index (χ4n) is 5.86. The number of Topliss-reactive ketones (excluding diaryl/α,β-unsaturated/α-hetero) is 1. The van der Waals surface area contributed by atoms with Gasteiger partial charge >= 0.3 is 0 Å². The molecule has 1 spiro atoms. The Morgan fingerprint density at radius 1 is 1.37 bits per heavy atom. The van der Waals surface area contributed by atoms with E-state index in [-0.39, 0.29) is 29.9 Å². The number of amides is 2. The normalized spacial score (nSPS) is 39.0. The first kappa shape index (κ1) is 19.5. The highest BCUT2D eigenvalue weighted by molar-refractivity contribution is 5.96. The first-order valence-corrected chi connectivity index (χ1v) is 10.9. The van der Waals surface area contributed by atoms with Gasteiger partial charge in [-0.3, -0.25) is 14.4 Å². The average Bonchev–Trinajstić information content (AvgIpc) is 3.46. The number of fused-ring (bicyclic) bond motifs is 2. The highest BCUT2D eigenvalue weighted by Crippen LogP contribution is 2.59. The lowest BCUT2D eigenvalue weighted by Gasteiger charge is -2.43. The number of piperidine rings is 1. The van der Waals surface area contributed by atoms with Crippen LogP contribution in [0.15, 0.2) is 35.0 Å². The summed E-state index contributed by atoms with van der Waals surface area (Å²) < 4.78 is 11.9. The van der Waals surface area contributed by atoms with Crippen LogP contribution in [0.1, 0.15) is 45.4 Å². The fraction of sp³-hybridized carbons (Fsp3) is 0.609. The Morgan fingerprint density at radius 3 is 2.87 bits per heavy atom. The zero-order valence-electron chi connectivity index (χ0n) is 17.5. The minimum atomic E-state index is -0.928. The van der Waals surface area contributed by atoms with Crippen molar-refractivity contribution in [2.24, 2.45) is 23.7 Å². The molecule has 1 aromatic heterocycles. The van der Waals surface area contributed by atoms with Crippen molar-refractivity contribution in [2.45, 2.75) is 57.4 Å². The average molecular weight is 412 g/mol. The fourth-order valence-corrected chi connectivity index (χ4v) is 5.86. The van der Waals surface area contributed by atoms with Gasteiger partial charge in [0, 0.05) is 18.9 Å². The van der Waals surface area contributed by atoms with Crippen molar-refractivity contribution in [1.29, 1.82) is 0 Å². The van der Waals surface area contributed by atoms with E-state index in [4.69, 9.17) is 9.15 Å². The molecule has 1 N–H and O–H groups in total. The third kappa shape index (κ3) is 2.57. The Kier molecular flexibility index (Phi) is 4.43. The highest BCUT2D eigenvalue weighted by Gasteiger charge is 2.74. The molecule has 0 aliphatic carbocycles. The second-order valence-electron chi connectivity index (χ2n) is 9.45. The van der Waals surface area contributed by atoms with Gasteiger partial charge in [-0.25, -0.2) is 0 Å². The molecule has 4 aliphatic rings. The summed E-state index contributed by atoms with van der Waals surface area (Å²) in [7, 11) is 0. The van der Waals surface area contributed by atoms with Crippen molar-refractivity contribution >= 4 is 17.6 Å². The Balaban J connectivity index is 1.49. The van der Waals surface area contributed by atoms with E-state index >= 15 is 0 Å². The van der Waals surface area contributed by atoms with Gasteiger partial charge in [-0.1, -0.05) is 32.9 Å². The SMILES string of the molecule is CC(C)CCNC(=O)C1C2C(=O)N3C(c4ccco4)CC(=O)C(C)C3[C@]23C=C[C@H]1O3. The van der Waals surface area contributed by atoms with E-state index in [1.54, 1.807) is 23.3 Å². The molecule has 5 unspecified atom stereocenters. The summed E-state index contributed by atoms with van der Waals surface area (Å²) in [6, 6.07) is 2.68. The molecule has 1 aromatic rings. The number of rotatable bonds is 5.